The summed E-state index contributed by atoms with van der Waals surface area (Å²) >= 11 is 0. The summed E-state index contributed by atoms with van der Waals surface area (Å²) in [4.78, 5) is 5.58. The highest BCUT2D eigenvalue weighted by Crippen LogP contribution is 2.14. The van der Waals surface area contributed by atoms with Gasteiger partial charge in [-0.15, -0.1) is 0 Å². The van der Waals surface area contributed by atoms with E-state index in [1.165, 1.54) is 11.0 Å². The molecule has 2 aromatic carbocycles. The number of nitrogens with one attached hydrogen (secondary N) is 1. The van der Waals surface area contributed by atoms with Gasteiger partial charge in [-0.2, -0.15) is 0 Å². The first-order chi connectivity index (χ1) is 10.1. The maximum absolute atomic E-state index is 13.4. The van der Waals surface area contributed by atoms with Crippen LogP contribution in [0.5, 0.6) is 5.75 Å². The molecule has 0 amide bonds. The van der Waals surface area contributed by atoms with E-state index in [-0.39, 0.29) is 17.6 Å². The standard InChI is InChI=1S/C17H19FN2O/c1-20(2)16(13-7-5-8-15(18)10-13)12-19-11-14-6-3-4-9-17(14)21/h3-11,16,21H,12H2,1-2H3/p+1/t16-/m1/s1. The van der Waals surface area contributed by atoms with Crippen molar-refractivity contribution in [2.75, 3.05) is 20.6 Å². The molecule has 0 bridgehead atoms. The van der Waals surface area contributed by atoms with E-state index in [9.17, 15) is 9.50 Å². The molecule has 0 aromatic heterocycles. The van der Waals surface area contributed by atoms with Gasteiger partial charge in [-0.05, 0) is 24.3 Å². The Labute approximate surface area is 124 Å². The molecule has 0 fully saturated rings. The van der Waals surface area contributed by atoms with Crippen molar-refractivity contribution >= 4 is 6.21 Å². The number of rotatable bonds is 5. The second-order valence-corrected chi connectivity index (χ2v) is 5.24. The highest BCUT2D eigenvalue weighted by molar-refractivity contribution is 5.83. The van der Waals surface area contributed by atoms with Crippen LogP contribution in [0.25, 0.3) is 0 Å². The fraction of sp³-hybridized carbons (Fsp3) is 0.235. The predicted octanol–water partition coefficient (Wildman–Crippen LogP) is 1.84. The second-order valence-electron chi connectivity index (χ2n) is 5.24. The molecule has 2 rings (SSSR count). The molecule has 3 nitrogen and oxygen atoms in total. The molecule has 2 N–H and O–H groups in total. The first-order valence-corrected chi connectivity index (χ1v) is 6.91. The number of phenols is 1. The normalized spacial score (nSPS) is 13.0. The van der Waals surface area contributed by atoms with E-state index < -0.39 is 0 Å². The molecule has 110 valence electrons. The predicted molar refractivity (Wildman–Crippen MR) is 82.5 cm³/mol. The van der Waals surface area contributed by atoms with Crippen LogP contribution in [-0.4, -0.2) is 32.0 Å². The lowest BCUT2D eigenvalue weighted by Gasteiger charge is -2.20. The van der Waals surface area contributed by atoms with Gasteiger partial charge in [-0.3, -0.25) is 4.99 Å². The van der Waals surface area contributed by atoms with Crippen molar-refractivity contribution in [2.45, 2.75) is 6.04 Å². The molecule has 1 atom stereocenters. The van der Waals surface area contributed by atoms with Gasteiger partial charge in [0.2, 0.25) is 0 Å². The first-order valence-electron chi connectivity index (χ1n) is 6.91. The van der Waals surface area contributed by atoms with Gasteiger partial charge in [0.1, 0.15) is 17.6 Å². The van der Waals surface area contributed by atoms with Gasteiger partial charge in [0.05, 0.1) is 20.6 Å². The highest BCUT2D eigenvalue weighted by atomic mass is 19.1. The number of hydrogen-bond donors (Lipinski definition) is 2. The number of para-hydroxylation sites is 1. The zero-order chi connectivity index (χ0) is 15.2. The number of halogens is 1. The van der Waals surface area contributed by atoms with Crippen molar-refractivity contribution in [3.63, 3.8) is 0 Å². The fourth-order valence-electron chi connectivity index (χ4n) is 2.20. The van der Waals surface area contributed by atoms with Gasteiger partial charge in [0.25, 0.3) is 0 Å². The minimum absolute atomic E-state index is 0.0720. The third-order valence-electron chi connectivity index (χ3n) is 3.40. The summed E-state index contributed by atoms with van der Waals surface area (Å²) in [6.45, 7) is 0.528. The Morgan fingerprint density at radius 1 is 1.19 bits per heavy atom. The number of nitrogens with zero attached hydrogens (tertiary/aromatic N) is 1. The molecule has 2 aromatic rings. The van der Waals surface area contributed by atoms with Gasteiger partial charge < -0.3 is 10.0 Å². The van der Waals surface area contributed by atoms with E-state index in [0.717, 1.165) is 5.56 Å². The number of phenolic OH excluding ortho intramolecular Hbond substituents is 1. The third kappa shape index (κ3) is 4.13. The Bertz CT molecular complexity index is 626. The van der Waals surface area contributed by atoms with Crippen LogP contribution in [0.15, 0.2) is 53.5 Å². The smallest absolute Gasteiger partial charge is 0.133 e. The number of aromatic hydroxyl groups is 1. The number of aliphatic imine (C=N–C) groups is 1. The lowest BCUT2D eigenvalue weighted by atomic mass is 10.1. The van der Waals surface area contributed by atoms with Crippen molar-refractivity contribution in [3.8, 4) is 5.75 Å². The summed E-state index contributed by atoms with van der Waals surface area (Å²) in [5, 5.41) is 9.69. The summed E-state index contributed by atoms with van der Waals surface area (Å²) in [5.74, 6) is -0.0239. The highest BCUT2D eigenvalue weighted by Gasteiger charge is 2.17. The SMILES string of the molecule is C[NH+](C)[C@H](CN=Cc1ccccc1O)c1cccc(F)c1. The van der Waals surface area contributed by atoms with Crippen molar-refractivity contribution in [3.05, 3.63) is 65.5 Å². The summed E-state index contributed by atoms with van der Waals surface area (Å²) in [5.41, 5.74) is 1.61. The van der Waals surface area contributed by atoms with Crippen molar-refractivity contribution in [1.29, 1.82) is 0 Å². The van der Waals surface area contributed by atoms with Crippen LogP contribution in [0, 0.1) is 5.82 Å². The number of likely N-dealkylation sites (N-methyl/N-ethyl adjacent to an activating group) is 1. The van der Waals surface area contributed by atoms with Crippen LogP contribution in [0.1, 0.15) is 17.2 Å². The summed E-state index contributed by atoms with van der Waals surface area (Å²) in [6, 6.07) is 13.7. The zero-order valence-corrected chi connectivity index (χ0v) is 12.3. The molecule has 0 aliphatic rings. The van der Waals surface area contributed by atoms with E-state index in [1.807, 2.05) is 26.2 Å². The molecular weight excluding hydrogens is 267 g/mol. The minimum Gasteiger partial charge on any atom is -0.507 e. The van der Waals surface area contributed by atoms with E-state index in [0.29, 0.717) is 12.1 Å². The zero-order valence-electron chi connectivity index (χ0n) is 12.3. The van der Waals surface area contributed by atoms with Crippen molar-refractivity contribution < 1.29 is 14.4 Å². The quantitative estimate of drug-likeness (QED) is 0.809. The van der Waals surface area contributed by atoms with Crippen LogP contribution in [0.4, 0.5) is 4.39 Å². The molecule has 0 heterocycles. The van der Waals surface area contributed by atoms with Gasteiger partial charge in [0.15, 0.2) is 0 Å². The van der Waals surface area contributed by atoms with Crippen molar-refractivity contribution in [2.24, 2.45) is 4.99 Å². The van der Waals surface area contributed by atoms with Gasteiger partial charge in [0, 0.05) is 17.3 Å². The Morgan fingerprint density at radius 2 is 1.95 bits per heavy atom. The molecule has 0 spiro atoms. The first kappa shape index (κ1) is 15.2. The van der Waals surface area contributed by atoms with E-state index in [4.69, 9.17) is 0 Å². The van der Waals surface area contributed by atoms with Crippen LogP contribution in [0.3, 0.4) is 0 Å². The largest absolute Gasteiger partial charge is 0.507 e. The lowest BCUT2D eigenvalue weighted by molar-refractivity contribution is -0.890. The molecule has 0 saturated carbocycles. The summed E-state index contributed by atoms with van der Waals surface area (Å²) < 4.78 is 13.4. The van der Waals surface area contributed by atoms with E-state index in [1.54, 1.807) is 36.5 Å². The second kappa shape index (κ2) is 6.99. The Kier molecular flexibility index (Phi) is 5.06. The minimum atomic E-state index is -0.233. The van der Waals surface area contributed by atoms with E-state index >= 15 is 0 Å². The summed E-state index contributed by atoms with van der Waals surface area (Å²) in [7, 11) is 4.04. The molecule has 0 radical (unpaired) electrons. The molecular formula is C17H20FN2O+. The molecule has 21 heavy (non-hydrogen) atoms. The van der Waals surface area contributed by atoms with Gasteiger partial charge in [-0.25, -0.2) is 4.39 Å². The van der Waals surface area contributed by atoms with Crippen molar-refractivity contribution in [1.82, 2.24) is 0 Å². The number of benzene rings is 2. The number of quaternary nitrogens is 1. The maximum Gasteiger partial charge on any atom is 0.133 e. The average molecular weight is 287 g/mol. The fourth-order valence-corrected chi connectivity index (χ4v) is 2.20. The molecule has 0 saturated heterocycles. The van der Waals surface area contributed by atoms with E-state index in [2.05, 4.69) is 4.99 Å². The van der Waals surface area contributed by atoms with Gasteiger partial charge >= 0.3 is 0 Å². The number of hydrogen-bond acceptors (Lipinski definition) is 2. The third-order valence-corrected chi connectivity index (χ3v) is 3.40. The van der Waals surface area contributed by atoms with Crippen LogP contribution in [0.2, 0.25) is 0 Å². The van der Waals surface area contributed by atoms with Crippen LogP contribution >= 0.6 is 0 Å². The average Bonchev–Trinajstić information content (AvgIpc) is 2.45. The van der Waals surface area contributed by atoms with Gasteiger partial charge in [-0.1, -0.05) is 24.3 Å². The topological polar surface area (TPSA) is 37.0 Å². The Morgan fingerprint density at radius 3 is 2.62 bits per heavy atom. The molecule has 0 aliphatic heterocycles. The summed E-state index contributed by atoms with van der Waals surface area (Å²) in [6.07, 6.45) is 1.66. The molecule has 0 unspecified atom stereocenters. The molecule has 4 heteroatoms. The van der Waals surface area contributed by atoms with Crippen LogP contribution < -0.4 is 4.90 Å². The maximum atomic E-state index is 13.4. The Balaban J connectivity index is 2.13. The Hall–Kier alpha value is -2.20. The van der Waals surface area contributed by atoms with Crippen LogP contribution in [-0.2, 0) is 0 Å². The lowest BCUT2D eigenvalue weighted by Crippen LogP contribution is -3.06. The monoisotopic (exact) mass is 287 g/mol. The molecule has 0 aliphatic carbocycles.